The summed E-state index contributed by atoms with van der Waals surface area (Å²) in [6.07, 6.45) is 2.23. The Hall–Kier alpha value is -3.01. The highest BCUT2D eigenvalue weighted by atomic mass is 19.1. The van der Waals surface area contributed by atoms with E-state index in [0.29, 0.717) is 64.9 Å². The number of esters is 1. The molecule has 1 aromatic rings. The molecule has 38 heavy (non-hydrogen) atoms. The first-order valence-corrected chi connectivity index (χ1v) is 13.6. The van der Waals surface area contributed by atoms with Crippen LogP contribution in [-0.2, 0) is 23.9 Å². The van der Waals surface area contributed by atoms with E-state index in [-0.39, 0.29) is 41.8 Å². The fourth-order valence-corrected chi connectivity index (χ4v) is 5.68. The van der Waals surface area contributed by atoms with Crippen molar-refractivity contribution in [3.05, 3.63) is 35.6 Å². The number of amides is 3. The van der Waals surface area contributed by atoms with E-state index in [2.05, 4.69) is 0 Å². The molecule has 0 unspecified atom stereocenters. The zero-order chi connectivity index (χ0) is 27.4. The third-order valence-corrected chi connectivity index (χ3v) is 7.76. The van der Waals surface area contributed by atoms with E-state index < -0.39 is 23.5 Å². The van der Waals surface area contributed by atoms with Crippen LogP contribution in [0.5, 0.6) is 0 Å². The number of hydrogen-bond donors (Lipinski definition) is 0. The first-order chi connectivity index (χ1) is 18.1. The molecule has 208 valence electrons. The lowest BCUT2D eigenvalue weighted by molar-refractivity contribution is -0.152. The molecule has 3 fully saturated rings. The smallest absolute Gasteiger partial charge is 0.309 e. The highest BCUT2D eigenvalue weighted by Gasteiger charge is 2.55. The van der Waals surface area contributed by atoms with Crippen LogP contribution in [0, 0.1) is 17.7 Å². The molecular formula is C28H38FN3O6. The number of piperidine rings is 2. The largest absolute Gasteiger partial charge is 0.466 e. The van der Waals surface area contributed by atoms with Crippen molar-refractivity contribution in [1.29, 1.82) is 0 Å². The molecule has 1 spiro atoms. The molecule has 3 heterocycles. The lowest BCUT2D eigenvalue weighted by atomic mass is 9.94. The van der Waals surface area contributed by atoms with E-state index in [1.54, 1.807) is 16.7 Å². The van der Waals surface area contributed by atoms with Gasteiger partial charge in [-0.3, -0.25) is 24.1 Å². The SMILES string of the molecule is CCOC(=O)C1CCN(C(=O)[C@@H]2COC3(CCN(C(=O)CC(C)C)CC3)N2C(=O)c2ccc(F)cc2)CC1. The Morgan fingerprint density at radius 3 is 2.24 bits per heavy atom. The van der Waals surface area contributed by atoms with E-state index in [9.17, 15) is 23.6 Å². The summed E-state index contributed by atoms with van der Waals surface area (Å²) in [5.74, 6) is -1.25. The number of ether oxygens (including phenoxy) is 2. The average Bonchev–Trinajstić information content (AvgIpc) is 3.26. The van der Waals surface area contributed by atoms with E-state index in [0.717, 1.165) is 0 Å². The molecule has 3 saturated heterocycles. The molecule has 4 rings (SSSR count). The van der Waals surface area contributed by atoms with Crippen molar-refractivity contribution < 1.29 is 33.0 Å². The maximum atomic E-state index is 13.8. The van der Waals surface area contributed by atoms with Gasteiger partial charge >= 0.3 is 5.97 Å². The molecule has 1 atom stereocenters. The lowest BCUT2D eigenvalue weighted by Crippen LogP contribution is -2.60. The van der Waals surface area contributed by atoms with Gasteiger partial charge in [-0.15, -0.1) is 0 Å². The van der Waals surface area contributed by atoms with Crippen LogP contribution < -0.4 is 0 Å². The van der Waals surface area contributed by atoms with Crippen molar-refractivity contribution in [3.63, 3.8) is 0 Å². The van der Waals surface area contributed by atoms with Gasteiger partial charge in [0.05, 0.1) is 19.1 Å². The predicted molar refractivity (Wildman–Crippen MR) is 136 cm³/mol. The van der Waals surface area contributed by atoms with Gasteiger partial charge in [-0.1, -0.05) is 13.8 Å². The number of benzene rings is 1. The zero-order valence-corrected chi connectivity index (χ0v) is 22.5. The van der Waals surface area contributed by atoms with Crippen LogP contribution in [0.2, 0.25) is 0 Å². The summed E-state index contributed by atoms with van der Waals surface area (Å²) in [6, 6.07) is 4.43. The summed E-state index contributed by atoms with van der Waals surface area (Å²) in [5, 5.41) is 0. The van der Waals surface area contributed by atoms with Crippen molar-refractivity contribution in [2.75, 3.05) is 39.4 Å². The molecule has 10 heteroatoms. The number of halogens is 1. The van der Waals surface area contributed by atoms with Crippen molar-refractivity contribution in [2.45, 2.75) is 64.6 Å². The van der Waals surface area contributed by atoms with Crippen LogP contribution in [0.3, 0.4) is 0 Å². The summed E-state index contributed by atoms with van der Waals surface area (Å²) in [4.78, 5) is 57.4. The summed E-state index contributed by atoms with van der Waals surface area (Å²) >= 11 is 0. The average molecular weight is 532 g/mol. The Balaban J connectivity index is 1.52. The Labute approximate surface area is 223 Å². The molecule has 0 saturated carbocycles. The maximum absolute atomic E-state index is 13.8. The molecule has 0 aromatic heterocycles. The van der Waals surface area contributed by atoms with Crippen molar-refractivity contribution in [3.8, 4) is 0 Å². The molecule has 0 aliphatic carbocycles. The number of nitrogens with zero attached hydrogens (tertiary/aromatic N) is 3. The Morgan fingerprint density at radius 1 is 1.03 bits per heavy atom. The topological polar surface area (TPSA) is 96.5 Å². The second-order valence-corrected chi connectivity index (χ2v) is 10.8. The van der Waals surface area contributed by atoms with E-state index in [1.165, 1.54) is 29.2 Å². The third-order valence-electron chi connectivity index (χ3n) is 7.76. The van der Waals surface area contributed by atoms with Crippen LogP contribution in [-0.4, -0.2) is 89.6 Å². The van der Waals surface area contributed by atoms with Gasteiger partial charge in [0.25, 0.3) is 5.91 Å². The van der Waals surface area contributed by atoms with Crippen LogP contribution in [0.15, 0.2) is 24.3 Å². The molecule has 0 bridgehead atoms. The summed E-state index contributed by atoms with van der Waals surface area (Å²) in [5.41, 5.74) is -0.752. The van der Waals surface area contributed by atoms with E-state index >= 15 is 0 Å². The van der Waals surface area contributed by atoms with Gasteiger partial charge in [-0.25, -0.2) is 4.39 Å². The monoisotopic (exact) mass is 531 g/mol. The first-order valence-electron chi connectivity index (χ1n) is 13.6. The number of likely N-dealkylation sites (tertiary alicyclic amines) is 2. The van der Waals surface area contributed by atoms with E-state index in [1.807, 2.05) is 13.8 Å². The molecule has 1 aromatic carbocycles. The van der Waals surface area contributed by atoms with Gasteiger partial charge in [0.15, 0.2) is 0 Å². The number of carbonyl (C=O) groups excluding carboxylic acids is 4. The normalized spacial score (nSPS) is 21.7. The molecule has 3 aliphatic heterocycles. The van der Waals surface area contributed by atoms with Crippen molar-refractivity contribution in [2.24, 2.45) is 11.8 Å². The molecule has 3 aliphatic rings. The van der Waals surface area contributed by atoms with Gasteiger partial charge in [0.1, 0.15) is 17.6 Å². The summed E-state index contributed by atoms with van der Waals surface area (Å²) in [7, 11) is 0. The standard InChI is InChI=1S/C28H38FN3O6/c1-4-37-27(36)21-9-13-31(14-10-21)26(35)23-18-38-28(11-15-30(16-12-28)24(33)17-19(2)3)32(23)25(34)20-5-7-22(29)8-6-20/h5-8,19,21,23H,4,9-18H2,1-3H3/t23-/m0/s1. The molecular weight excluding hydrogens is 493 g/mol. The van der Waals surface area contributed by atoms with E-state index in [4.69, 9.17) is 9.47 Å². The van der Waals surface area contributed by atoms with Crippen molar-refractivity contribution >= 4 is 23.7 Å². The second-order valence-electron chi connectivity index (χ2n) is 10.8. The number of hydrogen-bond acceptors (Lipinski definition) is 6. The quantitative estimate of drug-likeness (QED) is 0.524. The summed E-state index contributed by atoms with van der Waals surface area (Å²) in [6.45, 7) is 7.75. The predicted octanol–water partition coefficient (Wildman–Crippen LogP) is 2.83. The highest BCUT2D eigenvalue weighted by molar-refractivity contribution is 5.98. The third kappa shape index (κ3) is 5.85. The van der Waals surface area contributed by atoms with Gasteiger partial charge in [0.2, 0.25) is 11.8 Å². The minimum atomic E-state index is -1.02. The molecule has 3 amide bonds. The minimum absolute atomic E-state index is 0.0452. The fraction of sp³-hybridized carbons (Fsp3) is 0.643. The summed E-state index contributed by atoms with van der Waals surface area (Å²) < 4.78 is 25.0. The Bertz CT molecular complexity index is 1030. The fourth-order valence-electron chi connectivity index (χ4n) is 5.68. The van der Waals surface area contributed by atoms with Crippen LogP contribution in [0.25, 0.3) is 0 Å². The van der Waals surface area contributed by atoms with Gasteiger partial charge < -0.3 is 19.3 Å². The number of carbonyl (C=O) groups is 4. The second kappa shape index (κ2) is 11.8. The van der Waals surface area contributed by atoms with Gasteiger partial charge in [0, 0.05) is 51.0 Å². The first kappa shape index (κ1) is 28.0. The highest BCUT2D eigenvalue weighted by Crippen LogP contribution is 2.39. The molecule has 0 N–H and O–H groups in total. The van der Waals surface area contributed by atoms with Gasteiger partial charge in [-0.2, -0.15) is 0 Å². The van der Waals surface area contributed by atoms with Crippen molar-refractivity contribution in [1.82, 2.24) is 14.7 Å². The maximum Gasteiger partial charge on any atom is 0.309 e. The number of rotatable bonds is 6. The Morgan fingerprint density at radius 2 is 1.66 bits per heavy atom. The molecule has 9 nitrogen and oxygen atoms in total. The lowest BCUT2D eigenvalue weighted by Gasteiger charge is -2.45. The van der Waals surface area contributed by atoms with Crippen LogP contribution in [0.1, 0.15) is 63.2 Å². The van der Waals surface area contributed by atoms with Crippen LogP contribution >= 0.6 is 0 Å². The van der Waals surface area contributed by atoms with Gasteiger partial charge in [-0.05, 0) is 49.9 Å². The minimum Gasteiger partial charge on any atom is -0.466 e. The Kier molecular flexibility index (Phi) is 8.70. The zero-order valence-electron chi connectivity index (χ0n) is 22.5. The molecule has 0 radical (unpaired) electrons. The van der Waals surface area contributed by atoms with Crippen LogP contribution in [0.4, 0.5) is 4.39 Å².